The summed E-state index contributed by atoms with van der Waals surface area (Å²) in [5, 5.41) is -1.11. The van der Waals surface area contributed by atoms with Crippen molar-refractivity contribution in [3.63, 3.8) is 0 Å². The van der Waals surface area contributed by atoms with Crippen LogP contribution in [0.4, 0.5) is 22.0 Å². The molecule has 10 heteroatoms. The van der Waals surface area contributed by atoms with Gasteiger partial charge in [0.1, 0.15) is 5.82 Å². The average Bonchev–Trinajstić information content (AvgIpc) is 3.03. The van der Waals surface area contributed by atoms with Gasteiger partial charge in [0.25, 0.3) is 11.8 Å². The Bertz CT molecular complexity index is 1310. The van der Waals surface area contributed by atoms with Crippen molar-refractivity contribution in [2.24, 2.45) is 0 Å². The van der Waals surface area contributed by atoms with Crippen molar-refractivity contribution in [3.8, 4) is 0 Å². The van der Waals surface area contributed by atoms with Crippen molar-refractivity contribution in [1.29, 1.82) is 0 Å². The van der Waals surface area contributed by atoms with Crippen LogP contribution < -0.4 is 0 Å². The number of hydrogen-bond acceptors (Lipinski definition) is 2. The molecule has 35 heavy (non-hydrogen) atoms. The summed E-state index contributed by atoms with van der Waals surface area (Å²) < 4.78 is 69.3. The number of alkyl halides is 3. The van der Waals surface area contributed by atoms with Gasteiger partial charge in [-0.3, -0.25) is 14.5 Å². The Labute approximate surface area is 206 Å². The number of fused-ring (bicyclic) bond motifs is 1. The van der Waals surface area contributed by atoms with E-state index in [9.17, 15) is 31.5 Å². The number of halogens is 7. The van der Waals surface area contributed by atoms with Crippen LogP contribution in [-0.4, -0.2) is 22.9 Å². The van der Waals surface area contributed by atoms with Gasteiger partial charge >= 0.3 is 6.18 Å². The molecule has 0 aliphatic carbocycles. The minimum atomic E-state index is -4.76. The molecule has 0 saturated carbocycles. The first-order valence-corrected chi connectivity index (χ1v) is 10.9. The molecule has 0 spiro atoms. The van der Waals surface area contributed by atoms with E-state index in [2.05, 4.69) is 0 Å². The molecular weight excluding hydrogens is 512 g/mol. The monoisotopic (exact) mass is 525 g/mol. The number of hydrogen-bond donors (Lipinski definition) is 0. The maximum absolute atomic E-state index is 14.7. The van der Waals surface area contributed by atoms with Gasteiger partial charge in [-0.15, -0.1) is 0 Å². The number of amides is 2. The van der Waals surface area contributed by atoms with Crippen LogP contribution in [0.2, 0.25) is 10.0 Å². The minimum Gasteiger partial charge on any atom is -0.270 e. The molecule has 3 aromatic rings. The average molecular weight is 526 g/mol. The van der Waals surface area contributed by atoms with Crippen molar-refractivity contribution in [1.82, 2.24) is 4.90 Å². The van der Waals surface area contributed by atoms with Gasteiger partial charge in [-0.1, -0.05) is 59.6 Å². The lowest BCUT2D eigenvalue weighted by Crippen LogP contribution is -2.29. The Morgan fingerprint density at radius 2 is 1.46 bits per heavy atom. The van der Waals surface area contributed by atoms with Crippen LogP contribution in [0, 0.1) is 11.6 Å². The molecule has 0 saturated heterocycles. The third kappa shape index (κ3) is 4.94. The summed E-state index contributed by atoms with van der Waals surface area (Å²) in [5.41, 5.74) is 0.171. The Kier molecular flexibility index (Phi) is 6.71. The quantitative estimate of drug-likeness (QED) is 0.197. The zero-order chi connectivity index (χ0) is 25.5. The van der Waals surface area contributed by atoms with Gasteiger partial charge in [-0.25, -0.2) is 8.78 Å². The molecule has 180 valence electrons. The summed E-state index contributed by atoms with van der Waals surface area (Å²) in [5.74, 6) is -5.13. The van der Waals surface area contributed by atoms with Gasteiger partial charge in [0, 0.05) is 5.56 Å². The van der Waals surface area contributed by atoms with Gasteiger partial charge in [0.15, 0.2) is 5.82 Å². The van der Waals surface area contributed by atoms with Crippen molar-refractivity contribution in [3.05, 3.63) is 110 Å². The van der Waals surface area contributed by atoms with E-state index < -0.39 is 45.6 Å². The van der Waals surface area contributed by atoms with Crippen LogP contribution in [0.15, 0.2) is 60.7 Å². The fraction of sp³-hybridized carbons (Fsp3) is 0.120. The van der Waals surface area contributed by atoms with E-state index in [1.807, 2.05) is 0 Å². The van der Waals surface area contributed by atoms with E-state index >= 15 is 0 Å². The molecule has 0 N–H and O–H groups in total. The number of carbonyl (C=O) groups excluding carboxylic acids is 2. The van der Waals surface area contributed by atoms with Crippen LogP contribution in [0.5, 0.6) is 0 Å². The normalized spacial score (nSPS) is 14.7. The summed E-state index contributed by atoms with van der Waals surface area (Å²) in [6, 6.07) is 11.5. The highest BCUT2D eigenvalue weighted by Crippen LogP contribution is 2.39. The van der Waals surface area contributed by atoms with Gasteiger partial charge in [0.05, 0.1) is 33.6 Å². The predicted molar refractivity (Wildman–Crippen MR) is 121 cm³/mol. The maximum Gasteiger partial charge on any atom is 0.399 e. The van der Waals surface area contributed by atoms with Crippen molar-refractivity contribution in [2.45, 2.75) is 18.6 Å². The topological polar surface area (TPSA) is 37.4 Å². The third-order valence-corrected chi connectivity index (χ3v) is 6.03. The standard InChI is InChI=1S/C25H14Cl2F5NO2/c26-19-10-15(11-20(27)22(19)29)18(25(30,31)32)8-6-13-5-7-14(21(28)9-13)12-33-23(34)16-3-1-2-4-17(16)24(33)35/h1-11,18H,12H2/b8-6+. The Morgan fingerprint density at radius 3 is 1.97 bits per heavy atom. The molecule has 1 heterocycles. The Hall–Kier alpha value is -3.23. The lowest BCUT2D eigenvalue weighted by molar-refractivity contribution is -0.139. The maximum atomic E-state index is 14.7. The third-order valence-electron chi connectivity index (χ3n) is 5.48. The van der Waals surface area contributed by atoms with Gasteiger partial charge in [-0.05, 0) is 41.5 Å². The first-order valence-electron chi connectivity index (χ1n) is 10.1. The minimum absolute atomic E-state index is 0.0149. The Morgan fingerprint density at radius 1 is 0.886 bits per heavy atom. The summed E-state index contributed by atoms with van der Waals surface area (Å²) in [7, 11) is 0. The molecule has 3 aromatic carbocycles. The lowest BCUT2D eigenvalue weighted by atomic mass is 9.96. The first kappa shape index (κ1) is 24.9. The number of benzene rings is 3. The molecule has 0 fully saturated rings. The molecule has 1 aliphatic heterocycles. The molecular formula is C25H14Cl2F5NO2. The van der Waals surface area contributed by atoms with Crippen LogP contribution in [0.25, 0.3) is 6.08 Å². The highest BCUT2D eigenvalue weighted by molar-refractivity contribution is 6.35. The van der Waals surface area contributed by atoms with Crippen LogP contribution in [-0.2, 0) is 6.54 Å². The molecule has 0 bridgehead atoms. The zero-order valence-corrected chi connectivity index (χ0v) is 19.1. The number of allylic oxidation sites excluding steroid dienone is 1. The highest BCUT2D eigenvalue weighted by Gasteiger charge is 2.39. The van der Waals surface area contributed by atoms with Crippen molar-refractivity contribution in [2.75, 3.05) is 0 Å². The largest absolute Gasteiger partial charge is 0.399 e. The van der Waals surface area contributed by atoms with Crippen molar-refractivity contribution < 1.29 is 31.5 Å². The molecule has 1 unspecified atom stereocenters. The second-order valence-corrected chi connectivity index (χ2v) is 8.58. The summed E-state index contributed by atoms with van der Waals surface area (Å²) in [6.45, 7) is -0.333. The number of rotatable bonds is 5. The van der Waals surface area contributed by atoms with Crippen LogP contribution in [0.3, 0.4) is 0 Å². The first-order chi connectivity index (χ1) is 16.5. The SMILES string of the molecule is O=C1c2ccccc2C(=O)N1Cc1ccc(/C=C/C(c2cc(Cl)c(F)c(Cl)c2)C(F)(F)F)cc1F. The van der Waals surface area contributed by atoms with E-state index in [0.717, 1.165) is 35.3 Å². The van der Waals surface area contributed by atoms with Gasteiger partial charge in [0.2, 0.25) is 0 Å². The molecule has 0 radical (unpaired) electrons. The number of imide groups is 1. The van der Waals surface area contributed by atoms with Gasteiger partial charge < -0.3 is 0 Å². The van der Waals surface area contributed by atoms with Gasteiger partial charge in [-0.2, -0.15) is 13.2 Å². The fourth-order valence-corrected chi connectivity index (χ4v) is 4.22. The summed E-state index contributed by atoms with van der Waals surface area (Å²) in [4.78, 5) is 25.9. The van der Waals surface area contributed by atoms with Crippen LogP contribution in [0.1, 0.15) is 43.3 Å². The predicted octanol–water partition coefficient (Wildman–Crippen LogP) is 7.43. The fourth-order valence-electron chi connectivity index (χ4n) is 3.72. The second kappa shape index (κ2) is 9.43. The van der Waals surface area contributed by atoms with Crippen molar-refractivity contribution >= 4 is 41.1 Å². The van der Waals surface area contributed by atoms with E-state index in [0.29, 0.717) is 0 Å². The highest BCUT2D eigenvalue weighted by atomic mass is 35.5. The number of carbonyl (C=O) groups is 2. The van der Waals surface area contributed by atoms with Crippen LogP contribution >= 0.6 is 23.2 Å². The van der Waals surface area contributed by atoms with E-state index in [4.69, 9.17) is 23.2 Å². The van der Waals surface area contributed by atoms with E-state index in [1.54, 1.807) is 12.1 Å². The van der Waals surface area contributed by atoms with E-state index in [-0.39, 0.29) is 34.4 Å². The zero-order valence-electron chi connectivity index (χ0n) is 17.5. The number of nitrogens with zero attached hydrogens (tertiary/aromatic N) is 1. The smallest absolute Gasteiger partial charge is 0.270 e. The lowest BCUT2D eigenvalue weighted by Gasteiger charge is -2.18. The summed E-state index contributed by atoms with van der Waals surface area (Å²) in [6.07, 6.45) is -2.93. The Balaban J connectivity index is 1.57. The second-order valence-electron chi connectivity index (χ2n) is 7.77. The molecule has 1 atom stereocenters. The molecule has 2 amide bonds. The molecule has 1 aliphatic rings. The molecule has 3 nitrogen and oxygen atoms in total. The molecule has 4 rings (SSSR count). The molecule has 0 aromatic heterocycles. The summed E-state index contributed by atoms with van der Waals surface area (Å²) >= 11 is 11.3. The van der Waals surface area contributed by atoms with E-state index in [1.165, 1.54) is 24.3 Å².